The normalized spacial score (nSPS) is 15.6. The van der Waals surface area contributed by atoms with Crippen molar-refractivity contribution < 1.29 is 0 Å². The molecule has 62 valence electrons. The standard InChI is InChI=1S/C8H11N.C2H6/c1-7-5-3-4-6-9-8(7)2;1-2/h4-6H,3H2,1-2H3;1-2H3. The number of hydrogen-bond acceptors (Lipinski definition) is 1. The fourth-order valence-corrected chi connectivity index (χ4v) is 0.720. The third kappa shape index (κ3) is 3.76. The van der Waals surface area contributed by atoms with Crippen LogP contribution < -0.4 is 0 Å². The van der Waals surface area contributed by atoms with Crippen molar-refractivity contribution >= 4 is 5.71 Å². The maximum absolute atomic E-state index is 4.17. The molecule has 0 atom stereocenters. The predicted octanol–water partition coefficient (Wildman–Crippen LogP) is 3.34. The maximum atomic E-state index is 4.17. The van der Waals surface area contributed by atoms with Gasteiger partial charge < -0.3 is 0 Å². The third-order valence-electron chi connectivity index (χ3n) is 1.50. The van der Waals surface area contributed by atoms with Crippen LogP contribution in [0.1, 0.15) is 34.1 Å². The molecule has 1 heterocycles. The Labute approximate surface area is 69.5 Å². The topological polar surface area (TPSA) is 12.4 Å². The molecule has 0 aromatic rings. The smallest absolute Gasteiger partial charge is 0.0398 e. The van der Waals surface area contributed by atoms with Crippen LogP contribution in [0.4, 0.5) is 0 Å². The largest absolute Gasteiger partial charge is 0.262 e. The molecule has 0 spiro atoms. The first kappa shape index (κ1) is 10.2. The molecule has 0 N–H and O–H groups in total. The van der Waals surface area contributed by atoms with Gasteiger partial charge in [-0.25, -0.2) is 0 Å². The molecule has 0 aromatic heterocycles. The van der Waals surface area contributed by atoms with Gasteiger partial charge in [-0.3, -0.25) is 4.99 Å². The highest BCUT2D eigenvalue weighted by Gasteiger charge is 1.93. The Bertz CT molecular complexity index is 185. The summed E-state index contributed by atoms with van der Waals surface area (Å²) in [6, 6.07) is 0. The van der Waals surface area contributed by atoms with Crippen molar-refractivity contribution in [2.75, 3.05) is 0 Å². The van der Waals surface area contributed by atoms with E-state index in [0.29, 0.717) is 0 Å². The van der Waals surface area contributed by atoms with Gasteiger partial charge in [-0.1, -0.05) is 26.0 Å². The molecule has 1 rings (SSSR count). The second-order valence-corrected chi connectivity index (χ2v) is 2.22. The first-order valence-corrected chi connectivity index (χ1v) is 4.17. The number of rotatable bonds is 0. The molecule has 0 amide bonds. The summed E-state index contributed by atoms with van der Waals surface area (Å²) in [7, 11) is 0. The minimum atomic E-state index is 1.02. The van der Waals surface area contributed by atoms with E-state index < -0.39 is 0 Å². The highest BCUT2D eigenvalue weighted by Crippen LogP contribution is 2.03. The van der Waals surface area contributed by atoms with E-state index in [4.69, 9.17) is 0 Å². The summed E-state index contributed by atoms with van der Waals surface area (Å²) in [6.07, 6.45) is 7.12. The van der Waals surface area contributed by atoms with E-state index in [-0.39, 0.29) is 0 Å². The van der Waals surface area contributed by atoms with Gasteiger partial charge >= 0.3 is 0 Å². The molecule has 11 heavy (non-hydrogen) atoms. The SMILES string of the molecule is CC.CC1=CCC=CN=C1C. The molecule has 0 saturated carbocycles. The summed E-state index contributed by atoms with van der Waals surface area (Å²) in [6.45, 7) is 8.12. The van der Waals surface area contributed by atoms with E-state index in [0.717, 1.165) is 12.1 Å². The van der Waals surface area contributed by atoms with Crippen LogP contribution in [-0.4, -0.2) is 5.71 Å². The lowest BCUT2D eigenvalue weighted by molar-refractivity contribution is 1.36. The van der Waals surface area contributed by atoms with Crippen molar-refractivity contribution in [3.63, 3.8) is 0 Å². The minimum Gasteiger partial charge on any atom is -0.262 e. The van der Waals surface area contributed by atoms with Crippen LogP contribution in [0.5, 0.6) is 0 Å². The molecular weight excluding hydrogens is 134 g/mol. The van der Waals surface area contributed by atoms with Gasteiger partial charge in [0, 0.05) is 11.9 Å². The van der Waals surface area contributed by atoms with Crippen molar-refractivity contribution in [2.45, 2.75) is 34.1 Å². The average molecular weight is 151 g/mol. The molecule has 0 saturated heterocycles. The Kier molecular flexibility index (Phi) is 5.44. The van der Waals surface area contributed by atoms with Crippen LogP contribution in [0.25, 0.3) is 0 Å². The molecule has 1 heteroatoms. The van der Waals surface area contributed by atoms with Crippen molar-refractivity contribution in [2.24, 2.45) is 4.99 Å². The first-order valence-electron chi connectivity index (χ1n) is 4.17. The number of allylic oxidation sites excluding steroid dienone is 3. The van der Waals surface area contributed by atoms with Crippen LogP contribution in [0, 0.1) is 0 Å². The second kappa shape index (κ2) is 5.90. The lowest BCUT2D eigenvalue weighted by atomic mass is 10.2. The monoisotopic (exact) mass is 151 g/mol. The highest BCUT2D eigenvalue weighted by molar-refractivity contribution is 5.98. The molecule has 0 radical (unpaired) electrons. The van der Waals surface area contributed by atoms with E-state index in [9.17, 15) is 0 Å². The van der Waals surface area contributed by atoms with Gasteiger partial charge in [0.1, 0.15) is 0 Å². The molecule has 0 aromatic carbocycles. The zero-order chi connectivity index (χ0) is 8.69. The summed E-state index contributed by atoms with van der Waals surface area (Å²) in [5, 5.41) is 0. The Morgan fingerprint density at radius 3 is 2.55 bits per heavy atom. The summed E-state index contributed by atoms with van der Waals surface area (Å²) in [5.41, 5.74) is 2.42. The fraction of sp³-hybridized carbons (Fsp3) is 0.500. The van der Waals surface area contributed by atoms with Gasteiger partial charge in [-0.2, -0.15) is 0 Å². The molecule has 1 nitrogen and oxygen atoms in total. The van der Waals surface area contributed by atoms with Crippen molar-refractivity contribution in [1.29, 1.82) is 0 Å². The van der Waals surface area contributed by atoms with E-state index in [2.05, 4.69) is 24.1 Å². The Balaban J connectivity index is 0.000000461. The fourth-order valence-electron chi connectivity index (χ4n) is 0.720. The molecule has 1 aliphatic heterocycles. The maximum Gasteiger partial charge on any atom is 0.0398 e. The van der Waals surface area contributed by atoms with E-state index >= 15 is 0 Å². The Morgan fingerprint density at radius 2 is 1.91 bits per heavy atom. The lowest BCUT2D eigenvalue weighted by Crippen LogP contribution is -1.89. The number of nitrogens with zero attached hydrogens (tertiary/aromatic N) is 1. The lowest BCUT2D eigenvalue weighted by Gasteiger charge is -1.93. The summed E-state index contributed by atoms with van der Waals surface area (Å²) >= 11 is 0. The van der Waals surface area contributed by atoms with Crippen LogP contribution in [-0.2, 0) is 0 Å². The van der Waals surface area contributed by atoms with E-state index in [1.807, 2.05) is 27.0 Å². The molecular formula is C10H17N. The number of aliphatic imine (C=N–C) groups is 1. The van der Waals surface area contributed by atoms with Gasteiger partial charge in [-0.05, 0) is 25.8 Å². The van der Waals surface area contributed by atoms with Gasteiger partial charge in [0.05, 0.1) is 0 Å². The van der Waals surface area contributed by atoms with Crippen molar-refractivity contribution in [1.82, 2.24) is 0 Å². The molecule has 0 unspecified atom stereocenters. The van der Waals surface area contributed by atoms with E-state index in [1.54, 1.807) is 0 Å². The van der Waals surface area contributed by atoms with Crippen molar-refractivity contribution in [3.8, 4) is 0 Å². The van der Waals surface area contributed by atoms with Gasteiger partial charge in [-0.15, -0.1) is 0 Å². The average Bonchev–Trinajstić information content (AvgIpc) is 2.22. The van der Waals surface area contributed by atoms with Crippen LogP contribution in [0.2, 0.25) is 0 Å². The van der Waals surface area contributed by atoms with Crippen molar-refractivity contribution in [3.05, 3.63) is 23.9 Å². The van der Waals surface area contributed by atoms with Gasteiger partial charge in [0.25, 0.3) is 0 Å². The van der Waals surface area contributed by atoms with Crippen LogP contribution in [0.15, 0.2) is 28.9 Å². The molecule has 0 aliphatic carbocycles. The zero-order valence-electron chi connectivity index (χ0n) is 7.89. The predicted molar refractivity (Wildman–Crippen MR) is 52.0 cm³/mol. The molecule has 1 aliphatic rings. The summed E-state index contributed by atoms with van der Waals surface area (Å²) in [5.74, 6) is 0. The third-order valence-corrected chi connectivity index (χ3v) is 1.50. The minimum absolute atomic E-state index is 1.02. The highest BCUT2D eigenvalue weighted by atomic mass is 14.7. The van der Waals surface area contributed by atoms with Crippen LogP contribution >= 0.6 is 0 Å². The summed E-state index contributed by atoms with van der Waals surface area (Å²) < 4.78 is 0. The van der Waals surface area contributed by atoms with Crippen LogP contribution in [0.3, 0.4) is 0 Å². The van der Waals surface area contributed by atoms with E-state index in [1.165, 1.54) is 5.57 Å². The van der Waals surface area contributed by atoms with Gasteiger partial charge in [0.2, 0.25) is 0 Å². The number of hydrogen-bond donors (Lipinski definition) is 0. The Morgan fingerprint density at radius 1 is 1.27 bits per heavy atom. The van der Waals surface area contributed by atoms with Gasteiger partial charge in [0.15, 0.2) is 0 Å². The first-order chi connectivity index (χ1) is 5.30. The summed E-state index contributed by atoms with van der Waals surface area (Å²) in [4.78, 5) is 4.17. The molecule has 0 fully saturated rings. The quantitative estimate of drug-likeness (QED) is 0.503. The Hall–Kier alpha value is -0.850. The molecule has 0 bridgehead atoms. The zero-order valence-corrected chi connectivity index (χ0v) is 7.89. The second-order valence-electron chi connectivity index (χ2n) is 2.22.